The van der Waals surface area contributed by atoms with Crippen LogP contribution in [-0.2, 0) is 22.6 Å². The molecule has 2 aromatic heterocycles. The number of phenols is 1. The van der Waals surface area contributed by atoms with Crippen LogP contribution in [0.25, 0.3) is 16.6 Å². The van der Waals surface area contributed by atoms with Gasteiger partial charge < -0.3 is 10.0 Å². The van der Waals surface area contributed by atoms with Crippen molar-refractivity contribution in [2.45, 2.75) is 18.6 Å². The molecule has 0 amide bonds. The molecule has 14 heteroatoms. The van der Waals surface area contributed by atoms with E-state index >= 15 is 0 Å². The molecule has 0 unspecified atom stereocenters. The third-order valence-electron chi connectivity index (χ3n) is 6.65. The maximum absolute atomic E-state index is 14.7. The number of hydrogen-bond donors (Lipinski definition) is 1. The number of pyridine rings is 1. The zero-order valence-electron chi connectivity index (χ0n) is 20.4. The molecular weight excluding hydrogens is 545 g/mol. The number of alkyl halides is 3. The van der Waals surface area contributed by atoms with Crippen molar-refractivity contribution >= 4 is 26.7 Å². The van der Waals surface area contributed by atoms with Crippen molar-refractivity contribution in [3.05, 3.63) is 77.6 Å². The standard InChI is InChI=1S/C25H22F5N5O3S/c1-39(37,38)33-7-8-34(17(14-33)9-15-5-3-2-4-6-15)21-10-16-12-32-35(20(16)13-31-21)19-11-18(25(28,29)30)22(26)24(36)23(19)27/h2-6,10-13,17,36H,7-9,14H2,1H3/t17-/m1/s1. The molecule has 3 heterocycles. The minimum Gasteiger partial charge on any atom is -0.503 e. The third-order valence-corrected chi connectivity index (χ3v) is 7.92. The number of benzene rings is 2. The van der Waals surface area contributed by atoms with Crippen molar-refractivity contribution in [3.63, 3.8) is 0 Å². The lowest BCUT2D eigenvalue weighted by Gasteiger charge is -2.41. The van der Waals surface area contributed by atoms with Gasteiger partial charge in [0.15, 0.2) is 17.4 Å². The molecule has 1 N–H and O–H groups in total. The lowest BCUT2D eigenvalue weighted by molar-refractivity contribution is -0.140. The quantitative estimate of drug-likeness (QED) is 0.365. The number of rotatable bonds is 5. The number of piperazine rings is 1. The summed E-state index contributed by atoms with van der Waals surface area (Å²) in [6.07, 6.45) is -0.941. The molecule has 0 radical (unpaired) electrons. The summed E-state index contributed by atoms with van der Waals surface area (Å²) >= 11 is 0. The Hall–Kier alpha value is -3.78. The molecule has 0 bridgehead atoms. The number of aromatic nitrogens is 3. The first kappa shape index (κ1) is 26.8. The summed E-state index contributed by atoms with van der Waals surface area (Å²) in [5.74, 6) is -5.01. The number of phenolic OH excluding ortho intramolecular Hbond substituents is 1. The van der Waals surface area contributed by atoms with E-state index in [0.29, 0.717) is 24.2 Å². The monoisotopic (exact) mass is 567 g/mol. The highest BCUT2D eigenvalue weighted by Crippen LogP contribution is 2.39. The lowest BCUT2D eigenvalue weighted by Crippen LogP contribution is -2.55. The molecule has 2 aromatic carbocycles. The largest absolute Gasteiger partial charge is 0.503 e. The zero-order valence-corrected chi connectivity index (χ0v) is 21.2. The summed E-state index contributed by atoms with van der Waals surface area (Å²) in [4.78, 5) is 6.37. The van der Waals surface area contributed by atoms with Crippen LogP contribution in [0.3, 0.4) is 0 Å². The molecule has 1 aliphatic rings. The minimum atomic E-state index is -5.18. The molecule has 5 rings (SSSR count). The van der Waals surface area contributed by atoms with Gasteiger partial charge in [-0.1, -0.05) is 30.3 Å². The number of sulfonamides is 1. The van der Waals surface area contributed by atoms with E-state index in [1.165, 1.54) is 16.7 Å². The molecule has 1 fully saturated rings. The van der Waals surface area contributed by atoms with Gasteiger partial charge in [-0.05, 0) is 24.1 Å². The second-order valence-corrected chi connectivity index (χ2v) is 11.2. The second-order valence-electron chi connectivity index (χ2n) is 9.23. The molecule has 1 aliphatic heterocycles. The number of hydrogen-bond acceptors (Lipinski definition) is 6. The van der Waals surface area contributed by atoms with Crippen molar-refractivity contribution in [2.24, 2.45) is 0 Å². The molecule has 8 nitrogen and oxygen atoms in total. The van der Waals surface area contributed by atoms with Crippen LogP contribution in [0.5, 0.6) is 5.75 Å². The fraction of sp³-hybridized carbons (Fsp3) is 0.280. The van der Waals surface area contributed by atoms with E-state index in [4.69, 9.17) is 0 Å². The van der Waals surface area contributed by atoms with Gasteiger partial charge >= 0.3 is 6.18 Å². The van der Waals surface area contributed by atoms with Gasteiger partial charge in [-0.2, -0.15) is 22.6 Å². The molecule has 1 saturated heterocycles. The van der Waals surface area contributed by atoms with Crippen LogP contribution in [0.15, 0.2) is 54.9 Å². The first-order chi connectivity index (χ1) is 18.3. The van der Waals surface area contributed by atoms with Gasteiger partial charge in [-0.25, -0.2) is 26.9 Å². The van der Waals surface area contributed by atoms with Crippen LogP contribution >= 0.6 is 0 Å². The van der Waals surface area contributed by atoms with E-state index in [1.807, 2.05) is 35.2 Å². The minimum absolute atomic E-state index is 0.117. The van der Waals surface area contributed by atoms with E-state index in [1.54, 1.807) is 6.07 Å². The predicted octanol–water partition coefficient (Wildman–Crippen LogP) is 4.12. The average molecular weight is 568 g/mol. The van der Waals surface area contributed by atoms with Gasteiger partial charge in [0.1, 0.15) is 11.5 Å². The van der Waals surface area contributed by atoms with Crippen molar-refractivity contribution < 1.29 is 35.5 Å². The SMILES string of the molecule is CS(=O)(=O)N1CCN(c2cc3cnn(-c4cc(C(F)(F)F)c(F)c(O)c4F)c3cn2)[C@H](Cc2ccccc2)C1. The average Bonchev–Trinajstić information content (AvgIpc) is 3.30. The van der Waals surface area contributed by atoms with Crippen LogP contribution in [0.1, 0.15) is 11.1 Å². The Morgan fingerprint density at radius 1 is 1.05 bits per heavy atom. The topological polar surface area (TPSA) is 91.6 Å². The first-order valence-corrected chi connectivity index (χ1v) is 13.6. The molecular formula is C25H22F5N5O3S. The number of halogens is 5. The first-order valence-electron chi connectivity index (χ1n) is 11.7. The fourth-order valence-electron chi connectivity index (χ4n) is 4.72. The van der Waals surface area contributed by atoms with Crippen molar-refractivity contribution in [3.8, 4) is 11.4 Å². The van der Waals surface area contributed by atoms with Crippen molar-refractivity contribution in [2.75, 3.05) is 30.8 Å². The number of aromatic hydroxyl groups is 1. The van der Waals surface area contributed by atoms with Gasteiger partial charge in [0.2, 0.25) is 10.0 Å². The highest BCUT2D eigenvalue weighted by atomic mass is 32.2. The summed E-state index contributed by atoms with van der Waals surface area (Å²) in [7, 11) is -3.43. The number of fused-ring (bicyclic) bond motifs is 1. The van der Waals surface area contributed by atoms with Crippen molar-refractivity contribution in [1.82, 2.24) is 19.1 Å². The molecule has 0 aliphatic carbocycles. The van der Waals surface area contributed by atoms with E-state index in [9.17, 15) is 35.5 Å². The van der Waals surface area contributed by atoms with Gasteiger partial charge in [0.05, 0.1) is 29.7 Å². The van der Waals surface area contributed by atoms with Gasteiger partial charge in [0.25, 0.3) is 0 Å². The van der Waals surface area contributed by atoms with Crippen LogP contribution in [0, 0.1) is 11.6 Å². The zero-order chi connectivity index (χ0) is 28.1. The summed E-state index contributed by atoms with van der Waals surface area (Å²) in [5, 5.41) is 14.0. The molecule has 4 aromatic rings. The number of nitrogens with zero attached hydrogens (tertiary/aromatic N) is 5. The molecule has 1 atom stereocenters. The van der Waals surface area contributed by atoms with E-state index in [-0.39, 0.29) is 30.7 Å². The smallest absolute Gasteiger partial charge is 0.419 e. The number of anilines is 1. The highest BCUT2D eigenvalue weighted by molar-refractivity contribution is 7.88. The Morgan fingerprint density at radius 3 is 2.44 bits per heavy atom. The van der Waals surface area contributed by atoms with Gasteiger partial charge in [-0.15, -0.1) is 0 Å². The molecule has 206 valence electrons. The Balaban J connectivity index is 1.53. The van der Waals surface area contributed by atoms with Gasteiger partial charge in [-0.3, -0.25) is 0 Å². The maximum Gasteiger partial charge on any atom is 0.419 e. The van der Waals surface area contributed by atoms with E-state index in [2.05, 4.69) is 10.1 Å². The summed E-state index contributed by atoms with van der Waals surface area (Å²) in [6, 6.07) is 11.1. The van der Waals surface area contributed by atoms with Crippen LogP contribution in [0.2, 0.25) is 0 Å². The Labute approximate surface area is 220 Å². The predicted molar refractivity (Wildman–Crippen MR) is 133 cm³/mol. The Morgan fingerprint density at radius 2 is 1.77 bits per heavy atom. The molecule has 0 saturated carbocycles. The summed E-state index contributed by atoms with van der Waals surface area (Å²) in [6.45, 7) is 0.767. The van der Waals surface area contributed by atoms with Crippen LogP contribution in [-0.4, -0.2) is 64.5 Å². The second kappa shape index (κ2) is 9.75. The Bertz CT molecular complexity index is 1640. The third kappa shape index (κ3) is 5.13. The van der Waals surface area contributed by atoms with E-state index < -0.39 is 44.8 Å². The molecule has 0 spiro atoms. The Kier molecular flexibility index (Phi) is 6.71. The van der Waals surface area contributed by atoms with Crippen LogP contribution < -0.4 is 4.90 Å². The molecule has 39 heavy (non-hydrogen) atoms. The highest BCUT2D eigenvalue weighted by Gasteiger charge is 2.38. The fourth-order valence-corrected chi connectivity index (χ4v) is 5.58. The van der Waals surface area contributed by atoms with Crippen molar-refractivity contribution in [1.29, 1.82) is 0 Å². The summed E-state index contributed by atoms with van der Waals surface area (Å²) < 4.78 is 95.2. The normalized spacial score (nSPS) is 17.2. The van der Waals surface area contributed by atoms with Gasteiger partial charge in [0, 0.05) is 31.1 Å². The van der Waals surface area contributed by atoms with E-state index in [0.717, 1.165) is 16.5 Å². The maximum atomic E-state index is 14.7. The lowest BCUT2D eigenvalue weighted by atomic mass is 10.0. The van der Waals surface area contributed by atoms with Crippen LogP contribution in [0.4, 0.5) is 27.8 Å². The summed E-state index contributed by atoms with van der Waals surface area (Å²) in [5.41, 5.74) is -1.53.